The Labute approximate surface area is 123 Å². The van der Waals surface area contributed by atoms with Gasteiger partial charge in [-0.3, -0.25) is 14.5 Å². The topological polar surface area (TPSA) is 96.3 Å². The average Bonchev–Trinajstić information content (AvgIpc) is 2.40. The highest BCUT2D eigenvalue weighted by Gasteiger charge is 2.53. The summed E-state index contributed by atoms with van der Waals surface area (Å²) in [6.07, 6.45) is 0. The minimum Gasteiger partial charge on any atom is -0.477 e. The first-order valence-electron chi connectivity index (χ1n) is 5.57. The fourth-order valence-corrected chi connectivity index (χ4v) is 3.43. The first-order valence-corrected chi connectivity index (χ1v) is 7.03. The van der Waals surface area contributed by atoms with Crippen LogP contribution in [0.1, 0.15) is 6.92 Å². The molecule has 2 aliphatic heterocycles. The SMILES string of the molecule is CC(=O)OCC1=C(C(=O)O)N2C(=O)C(N=C=S)C2SC1. The molecular formula is C11H10N2O5S2. The second-order valence-electron chi connectivity index (χ2n) is 4.11. The molecule has 20 heavy (non-hydrogen) atoms. The average molecular weight is 314 g/mol. The number of thiocarbonyl (C=S) groups is 1. The molecule has 0 bridgehead atoms. The number of carbonyl (C=O) groups is 3. The predicted octanol–water partition coefficient (Wildman–Crippen LogP) is 0.275. The van der Waals surface area contributed by atoms with E-state index in [0.29, 0.717) is 11.3 Å². The summed E-state index contributed by atoms with van der Waals surface area (Å²) < 4.78 is 4.82. The number of carboxylic acids is 1. The fraction of sp³-hybridized carbons (Fsp3) is 0.455. The van der Waals surface area contributed by atoms with Gasteiger partial charge in [-0.25, -0.2) is 9.79 Å². The third-order valence-corrected chi connectivity index (χ3v) is 4.29. The fourth-order valence-electron chi connectivity index (χ4n) is 2.01. The lowest BCUT2D eigenvalue weighted by Gasteiger charge is -2.47. The van der Waals surface area contributed by atoms with E-state index >= 15 is 0 Å². The maximum atomic E-state index is 11.9. The number of fused-ring (bicyclic) bond motifs is 1. The number of hydrogen-bond acceptors (Lipinski definition) is 7. The van der Waals surface area contributed by atoms with E-state index in [-0.39, 0.29) is 17.7 Å². The molecule has 2 heterocycles. The van der Waals surface area contributed by atoms with Gasteiger partial charge < -0.3 is 9.84 Å². The van der Waals surface area contributed by atoms with Crippen molar-refractivity contribution in [3.63, 3.8) is 0 Å². The van der Waals surface area contributed by atoms with Crippen LogP contribution in [0.25, 0.3) is 0 Å². The Bertz CT molecular complexity index is 567. The first-order chi connectivity index (χ1) is 9.47. The number of β-lactam (4-membered cyclic amide) rings is 1. The standard InChI is InChI=1S/C11H10N2O5S2/c1-5(14)18-2-6-3-20-10-7(12-4-19)9(15)13(10)8(6)11(16)17/h7,10H,2-3H2,1H3,(H,16,17). The van der Waals surface area contributed by atoms with Crippen LogP contribution < -0.4 is 0 Å². The number of carbonyl (C=O) groups excluding carboxylic acids is 2. The van der Waals surface area contributed by atoms with Crippen molar-refractivity contribution >= 4 is 47.0 Å². The molecule has 2 rings (SSSR count). The van der Waals surface area contributed by atoms with Crippen LogP contribution in [-0.2, 0) is 19.1 Å². The molecule has 0 aromatic heterocycles. The van der Waals surface area contributed by atoms with Gasteiger partial charge in [0, 0.05) is 18.2 Å². The van der Waals surface area contributed by atoms with Crippen molar-refractivity contribution in [2.75, 3.05) is 12.4 Å². The summed E-state index contributed by atoms with van der Waals surface area (Å²) in [5.41, 5.74) is 0.267. The lowest BCUT2D eigenvalue weighted by molar-refractivity contribution is -0.148. The Hall–Kier alpha value is -1.70. The van der Waals surface area contributed by atoms with E-state index < -0.39 is 23.9 Å². The summed E-state index contributed by atoms with van der Waals surface area (Å²) in [4.78, 5) is 39.0. The van der Waals surface area contributed by atoms with E-state index in [1.54, 1.807) is 0 Å². The van der Waals surface area contributed by atoms with Crippen molar-refractivity contribution in [1.82, 2.24) is 4.90 Å². The zero-order chi connectivity index (χ0) is 14.9. The summed E-state index contributed by atoms with van der Waals surface area (Å²) >= 11 is 5.83. The van der Waals surface area contributed by atoms with E-state index in [1.807, 2.05) is 0 Å². The number of rotatable bonds is 4. The largest absolute Gasteiger partial charge is 0.477 e. The lowest BCUT2D eigenvalue weighted by Crippen LogP contribution is -2.64. The molecule has 106 valence electrons. The van der Waals surface area contributed by atoms with Gasteiger partial charge in [0.15, 0.2) is 6.04 Å². The second kappa shape index (κ2) is 5.74. The molecule has 0 radical (unpaired) electrons. The first kappa shape index (κ1) is 14.7. The number of hydrogen-bond donors (Lipinski definition) is 1. The van der Waals surface area contributed by atoms with E-state index in [9.17, 15) is 19.5 Å². The van der Waals surface area contributed by atoms with Gasteiger partial charge in [-0.2, -0.15) is 0 Å². The van der Waals surface area contributed by atoms with Gasteiger partial charge in [-0.05, 0) is 12.2 Å². The highest BCUT2D eigenvalue weighted by molar-refractivity contribution is 8.00. The van der Waals surface area contributed by atoms with Gasteiger partial charge in [-0.1, -0.05) is 0 Å². The number of nitrogens with zero attached hydrogens (tertiary/aromatic N) is 2. The van der Waals surface area contributed by atoms with Gasteiger partial charge >= 0.3 is 11.9 Å². The molecule has 0 aromatic rings. The van der Waals surface area contributed by atoms with Crippen LogP contribution in [0.2, 0.25) is 0 Å². The predicted molar refractivity (Wildman–Crippen MR) is 73.2 cm³/mol. The normalized spacial score (nSPS) is 24.4. The molecule has 9 heteroatoms. The van der Waals surface area contributed by atoms with Crippen molar-refractivity contribution in [2.24, 2.45) is 4.99 Å². The van der Waals surface area contributed by atoms with Gasteiger partial charge in [0.05, 0.1) is 5.16 Å². The van der Waals surface area contributed by atoms with E-state index in [1.165, 1.54) is 18.7 Å². The Morgan fingerprint density at radius 2 is 2.35 bits per heavy atom. The van der Waals surface area contributed by atoms with Gasteiger partial charge in [0.1, 0.15) is 17.7 Å². The van der Waals surface area contributed by atoms with Gasteiger partial charge in [0.2, 0.25) is 0 Å². The Morgan fingerprint density at radius 1 is 1.65 bits per heavy atom. The summed E-state index contributed by atoms with van der Waals surface area (Å²) in [7, 11) is 0. The number of esters is 1. The smallest absolute Gasteiger partial charge is 0.352 e. The van der Waals surface area contributed by atoms with E-state index in [0.717, 1.165) is 4.90 Å². The number of thioether (sulfide) groups is 1. The maximum absolute atomic E-state index is 11.9. The molecule has 0 spiro atoms. The van der Waals surface area contributed by atoms with Crippen LogP contribution in [-0.4, -0.2) is 56.8 Å². The summed E-state index contributed by atoms with van der Waals surface area (Å²) in [5, 5.41) is 11.0. The molecular weight excluding hydrogens is 304 g/mol. The van der Waals surface area contributed by atoms with Crippen molar-refractivity contribution < 1.29 is 24.2 Å². The minimum atomic E-state index is -1.23. The zero-order valence-corrected chi connectivity index (χ0v) is 12.0. The second-order valence-corrected chi connectivity index (χ2v) is 5.40. The van der Waals surface area contributed by atoms with Gasteiger partial charge in [0.25, 0.3) is 5.91 Å². The number of ether oxygens (including phenoxy) is 1. The quantitative estimate of drug-likeness (QED) is 0.344. The Balaban J connectivity index is 2.28. The molecule has 7 nitrogen and oxygen atoms in total. The molecule has 0 aliphatic carbocycles. The number of aliphatic carboxylic acids is 1. The number of carboxylic acid groups (broad SMARTS) is 1. The summed E-state index contributed by atoms with van der Waals surface area (Å²) in [6, 6.07) is -0.679. The van der Waals surface area contributed by atoms with Crippen LogP contribution in [0.4, 0.5) is 0 Å². The molecule has 0 saturated carbocycles. The Kier molecular flexibility index (Phi) is 4.22. The third kappa shape index (κ3) is 2.47. The molecule has 1 amide bonds. The number of isothiocyanates is 1. The molecule has 2 unspecified atom stereocenters. The van der Waals surface area contributed by atoms with Crippen LogP contribution in [0.3, 0.4) is 0 Å². The van der Waals surface area contributed by atoms with Crippen molar-refractivity contribution in [3.8, 4) is 0 Å². The van der Waals surface area contributed by atoms with Crippen molar-refractivity contribution in [1.29, 1.82) is 0 Å². The number of amides is 1. The Morgan fingerprint density at radius 3 is 2.90 bits per heavy atom. The number of aliphatic imine (C=N–C) groups is 1. The van der Waals surface area contributed by atoms with E-state index in [2.05, 4.69) is 22.4 Å². The zero-order valence-electron chi connectivity index (χ0n) is 10.4. The minimum absolute atomic E-state index is 0.129. The van der Waals surface area contributed by atoms with E-state index in [4.69, 9.17) is 4.74 Å². The highest BCUT2D eigenvalue weighted by Crippen LogP contribution is 2.41. The van der Waals surface area contributed by atoms with Crippen LogP contribution in [0.15, 0.2) is 16.3 Å². The van der Waals surface area contributed by atoms with Crippen molar-refractivity contribution in [3.05, 3.63) is 11.3 Å². The van der Waals surface area contributed by atoms with Crippen LogP contribution in [0.5, 0.6) is 0 Å². The molecule has 1 fully saturated rings. The highest BCUT2D eigenvalue weighted by atomic mass is 32.2. The maximum Gasteiger partial charge on any atom is 0.352 e. The molecule has 1 N–H and O–H groups in total. The lowest BCUT2D eigenvalue weighted by atomic mass is 10.0. The molecule has 0 aromatic carbocycles. The van der Waals surface area contributed by atoms with Gasteiger partial charge in [-0.15, -0.1) is 11.8 Å². The molecule has 2 aliphatic rings. The summed E-state index contributed by atoms with van der Waals surface area (Å²) in [6.45, 7) is 1.10. The summed E-state index contributed by atoms with van der Waals surface area (Å²) in [5.74, 6) is -1.81. The van der Waals surface area contributed by atoms with Crippen LogP contribution in [0, 0.1) is 0 Å². The van der Waals surface area contributed by atoms with Crippen molar-refractivity contribution in [2.45, 2.75) is 18.3 Å². The van der Waals surface area contributed by atoms with Crippen LogP contribution >= 0.6 is 24.0 Å². The third-order valence-electron chi connectivity index (χ3n) is 2.86. The molecule has 2 atom stereocenters. The molecule has 1 saturated heterocycles. The monoisotopic (exact) mass is 314 g/mol.